The Morgan fingerprint density at radius 3 is 2.92 bits per heavy atom. The van der Waals surface area contributed by atoms with Crippen molar-refractivity contribution in [2.24, 2.45) is 0 Å². The van der Waals surface area contributed by atoms with Crippen molar-refractivity contribution in [2.75, 3.05) is 20.2 Å². The van der Waals surface area contributed by atoms with Crippen LogP contribution in [0.1, 0.15) is 22.7 Å². The number of nitrogens with zero attached hydrogens (tertiary/aromatic N) is 1. The maximum absolute atomic E-state index is 12.6. The first kappa shape index (κ1) is 16.6. The first-order valence-electron chi connectivity index (χ1n) is 8.34. The Hall–Kier alpha value is -1.86. The Kier molecular flexibility index (Phi) is 4.52. The quantitative estimate of drug-likeness (QED) is 0.720. The molecule has 4 rings (SSSR count). The Labute approximate surface area is 161 Å². The lowest BCUT2D eigenvalue weighted by atomic mass is 9.94. The Morgan fingerprint density at radius 1 is 1.24 bits per heavy atom. The van der Waals surface area contributed by atoms with E-state index in [0.29, 0.717) is 6.54 Å². The van der Waals surface area contributed by atoms with Crippen LogP contribution in [-0.4, -0.2) is 31.0 Å². The lowest BCUT2D eigenvalue weighted by Gasteiger charge is -2.31. The maximum Gasteiger partial charge on any atom is 0.240 e. The van der Waals surface area contributed by atoms with Gasteiger partial charge in [0.05, 0.1) is 19.7 Å². The van der Waals surface area contributed by atoms with Gasteiger partial charge in [-0.15, -0.1) is 0 Å². The third-order valence-electron chi connectivity index (χ3n) is 4.82. The van der Waals surface area contributed by atoms with E-state index in [1.54, 1.807) is 7.11 Å². The number of benzene rings is 2. The van der Waals surface area contributed by atoms with Gasteiger partial charge in [0, 0.05) is 21.4 Å². The number of amides is 1. The summed E-state index contributed by atoms with van der Waals surface area (Å²) in [5.41, 5.74) is 4.62. The van der Waals surface area contributed by atoms with E-state index in [2.05, 4.69) is 58.2 Å². The molecule has 4 nitrogen and oxygen atoms in total. The molecule has 0 spiro atoms. The fraction of sp³-hybridized carbons (Fsp3) is 0.250. The molecule has 25 heavy (non-hydrogen) atoms. The highest BCUT2D eigenvalue weighted by Crippen LogP contribution is 2.35. The molecule has 1 amide bonds. The van der Waals surface area contributed by atoms with E-state index in [4.69, 9.17) is 4.74 Å². The van der Waals surface area contributed by atoms with E-state index in [1.807, 2.05) is 23.1 Å². The van der Waals surface area contributed by atoms with E-state index in [1.165, 1.54) is 14.7 Å². The molecule has 2 heterocycles. The number of rotatable bonds is 2. The molecule has 2 aromatic carbocycles. The van der Waals surface area contributed by atoms with Gasteiger partial charge >= 0.3 is 0 Å². The summed E-state index contributed by atoms with van der Waals surface area (Å²) in [5.74, 6) is 0.949. The minimum absolute atomic E-state index is 0.0251. The molecule has 128 valence electrons. The summed E-state index contributed by atoms with van der Waals surface area (Å²) in [6.45, 7) is 1.07. The number of carbonyl (C=O) groups is 1. The van der Waals surface area contributed by atoms with Crippen molar-refractivity contribution in [3.63, 3.8) is 0 Å². The molecule has 0 radical (unpaired) electrons. The molecule has 0 fully saturated rings. The molecule has 0 aliphatic carbocycles. The first-order chi connectivity index (χ1) is 12.2. The fourth-order valence-electron chi connectivity index (χ4n) is 3.54. The van der Waals surface area contributed by atoms with Crippen LogP contribution in [0.15, 0.2) is 48.5 Å². The largest absolute Gasteiger partial charge is 0.497 e. The van der Waals surface area contributed by atoms with Crippen LogP contribution in [-0.2, 0) is 11.2 Å². The molecule has 5 heteroatoms. The highest BCUT2D eigenvalue weighted by atomic mass is 127. The zero-order valence-corrected chi connectivity index (χ0v) is 16.1. The number of fused-ring (bicyclic) bond motifs is 3. The number of nitrogens with one attached hydrogen (secondary N) is 1. The molecular formula is C20H19IN2O2. The smallest absolute Gasteiger partial charge is 0.240 e. The van der Waals surface area contributed by atoms with E-state index >= 15 is 0 Å². The number of carbonyl (C=O) groups excluding carboxylic acids is 1. The van der Waals surface area contributed by atoms with Crippen LogP contribution >= 0.6 is 22.6 Å². The number of halogens is 1. The number of methoxy groups -OCH3 is 1. The normalized spacial score (nSPS) is 19.6. The van der Waals surface area contributed by atoms with Gasteiger partial charge in [0.15, 0.2) is 0 Å². The molecule has 2 aliphatic heterocycles. The van der Waals surface area contributed by atoms with Crippen molar-refractivity contribution >= 4 is 34.2 Å². The monoisotopic (exact) mass is 446 g/mol. The van der Waals surface area contributed by atoms with Crippen LogP contribution < -0.4 is 10.1 Å². The summed E-state index contributed by atoms with van der Waals surface area (Å²) >= 11 is 2.39. The Balaban J connectivity index is 1.82. The predicted octanol–water partition coefficient (Wildman–Crippen LogP) is 3.37. The molecular weight excluding hydrogens is 427 g/mol. The number of hydrogen-bond donors (Lipinski definition) is 1. The topological polar surface area (TPSA) is 41.6 Å². The van der Waals surface area contributed by atoms with Gasteiger partial charge in [0.1, 0.15) is 5.75 Å². The van der Waals surface area contributed by atoms with Crippen molar-refractivity contribution < 1.29 is 9.53 Å². The van der Waals surface area contributed by atoms with E-state index < -0.39 is 0 Å². The Bertz CT molecular complexity index is 863. The summed E-state index contributed by atoms with van der Waals surface area (Å²) < 4.78 is 6.61. The standard InChI is InChI=1S/C20H19IN2O2/c1-25-14-5-2-4-13(10-14)18-11-19-16-6-3-7-17(21)15(16)8-9-23(19)20(24)12-22-18/h2-7,10-11,18,22H,8-9,12H2,1H3. The van der Waals surface area contributed by atoms with Gasteiger partial charge in [-0.3, -0.25) is 10.1 Å². The van der Waals surface area contributed by atoms with Gasteiger partial charge in [-0.2, -0.15) is 0 Å². The van der Waals surface area contributed by atoms with Crippen molar-refractivity contribution in [3.05, 3.63) is 68.8 Å². The molecule has 0 saturated heterocycles. The third kappa shape index (κ3) is 3.06. The second-order valence-corrected chi connectivity index (χ2v) is 7.41. The average Bonchev–Trinajstić information content (AvgIpc) is 2.81. The van der Waals surface area contributed by atoms with Gasteiger partial charge in [-0.25, -0.2) is 0 Å². The SMILES string of the molecule is COc1cccc(C2C=C3c4cccc(I)c4CCN3C(=O)CN2)c1. The van der Waals surface area contributed by atoms with Crippen LogP contribution in [0.5, 0.6) is 5.75 Å². The van der Waals surface area contributed by atoms with Gasteiger partial charge in [-0.1, -0.05) is 24.3 Å². The molecule has 2 aliphatic rings. The van der Waals surface area contributed by atoms with Crippen LogP contribution in [0.3, 0.4) is 0 Å². The molecule has 1 N–H and O–H groups in total. The van der Waals surface area contributed by atoms with E-state index in [0.717, 1.165) is 30.0 Å². The highest BCUT2D eigenvalue weighted by molar-refractivity contribution is 14.1. The molecule has 1 atom stereocenters. The van der Waals surface area contributed by atoms with Gasteiger partial charge < -0.3 is 9.64 Å². The summed E-state index contributed by atoms with van der Waals surface area (Å²) in [6, 6.07) is 14.3. The summed E-state index contributed by atoms with van der Waals surface area (Å²) in [5, 5.41) is 3.38. The summed E-state index contributed by atoms with van der Waals surface area (Å²) in [4.78, 5) is 14.6. The maximum atomic E-state index is 12.6. The van der Waals surface area contributed by atoms with Crippen LogP contribution in [0.4, 0.5) is 0 Å². The fourth-order valence-corrected chi connectivity index (χ4v) is 4.31. The molecule has 0 saturated carbocycles. The second-order valence-electron chi connectivity index (χ2n) is 6.25. The van der Waals surface area contributed by atoms with Gasteiger partial charge in [0.2, 0.25) is 5.91 Å². The average molecular weight is 446 g/mol. The molecule has 1 unspecified atom stereocenters. The van der Waals surface area contributed by atoms with Crippen molar-refractivity contribution in [2.45, 2.75) is 12.5 Å². The molecule has 0 bridgehead atoms. The number of hydrogen-bond acceptors (Lipinski definition) is 3. The summed E-state index contributed by atoms with van der Waals surface area (Å²) in [7, 11) is 1.67. The van der Waals surface area contributed by atoms with E-state index in [9.17, 15) is 4.79 Å². The van der Waals surface area contributed by atoms with Crippen LogP contribution in [0, 0.1) is 3.57 Å². The lowest BCUT2D eigenvalue weighted by Crippen LogP contribution is -2.38. The predicted molar refractivity (Wildman–Crippen MR) is 106 cm³/mol. The van der Waals surface area contributed by atoms with Crippen molar-refractivity contribution in [1.82, 2.24) is 10.2 Å². The Morgan fingerprint density at radius 2 is 2.08 bits per heavy atom. The highest BCUT2D eigenvalue weighted by Gasteiger charge is 2.30. The van der Waals surface area contributed by atoms with E-state index in [-0.39, 0.29) is 11.9 Å². The van der Waals surface area contributed by atoms with Crippen LogP contribution in [0.2, 0.25) is 0 Å². The first-order valence-corrected chi connectivity index (χ1v) is 9.42. The van der Waals surface area contributed by atoms with Gasteiger partial charge in [-0.05, 0) is 64.4 Å². The second kappa shape index (κ2) is 6.80. The lowest BCUT2D eigenvalue weighted by molar-refractivity contribution is -0.127. The van der Waals surface area contributed by atoms with Crippen molar-refractivity contribution in [1.29, 1.82) is 0 Å². The van der Waals surface area contributed by atoms with Crippen molar-refractivity contribution in [3.8, 4) is 5.75 Å². The molecule has 0 aromatic heterocycles. The summed E-state index contributed by atoms with van der Waals surface area (Å²) in [6.07, 6.45) is 3.08. The van der Waals surface area contributed by atoms with Crippen LogP contribution in [0.25, 0.3) is 5.70 Å². The molecule has 2 aromatic rings. The minimum Gasteiger partial charge on any atom is -0.497 e. The number of ether oxygens (including phenoxy) is 1. The third-order valence-corrected chi connectivity index (χ3v) is 5.83. The minimum atomic E-state index is -0.0251. The zero-order valence-electron chi connectivity index (χ0n) is 14.0. The van der Waals surface area contributed by atoms with Gasteiger partial charge in [0.25, 0.3) is 0 Å². The zero-order chi connectivity index (χ0) is 17.4.